The lowest BCUT2D eigenvalue weighted by molar-refractivity contribution is 0.312. The number of likely N-dealkylation sites (N-methyl/N-ethyl adjacent to an activating group) is 1. The fraction of sp³-hybridized carbons (Fsp3) is 0.412. The molecule has 1 N–H and O–H groups in total. The third-order valence-corrected chi connectivity index (χ3v) is 4.11. The Morgan fingerprint density at radius 2 is 1.77 bits per heavy atom. The van der Waals surface area contributed by atoms with Gasteiger partial charge >= 0.3 is 0 Å². The number of benzene rings is 1. The summed E-state index contributed by atoms with van der Waals surface area (Å²) in [4.78, 5) is 13.7. The molecule has 0 aliphatic carbocycles. The van der Waals surface area contributed by atoms with Crippen LogP contribution in [0.4, 0.5) is 11.8 Å². The minimum absolute atomic E-state index is 0.184. The number of piperazine rings is 1. The molecule has 5 nitrogen and oxygen atoms in total. The van der Waals surface area contributed by atoms with Gasteiger partial charge in [-0.3, -0.25) is 0 Å². The molecule has 1 aromatic carbocycles. The smallest absolute Gasteiger partial charge is 0.225 e. The lowest BCUT2D eigenvalue weighted by Gasteiger charge is -2.33. The standard InChI is InChI=1S/C17H23N5/c1-14(15-6-4-3-5-7-15)19-17-18-9-8-16(20-17)22-12-10-21(2)11-13-22/h3-9,14H,10-13H2,1-2H3,(H,18,19,20). The Bertz CT molecular complexity index is 593. The van der Waals surface area contributed by atoms with E-state index in [1.807, 2.05) is 18.3 Å². The zero-order valence-corrected chi connectivity index (χ0v) is 13.2. The van der Waals surface area contributed by atoms with Crippen molar-refractivity contribution >= 4 is 11.8 Å². The first-order valence-corrected chi connectivity index (χ1v) is 7.80. The van der Waals surface area contributed by atoms with E-state index in [4.69, 9.17) is 0 Å². The Kier molecular flexibility index (Phi) is 4.53. The predicted molar refractivity (Wildman–Crippen MR) is 90.2 cm³/mol. The zero-order valence-electron chi connectivity index (χ0n) is 13.2. The molecule has 5 heteroatoms. The highest BCUT2D eigenvalue weighted by molar-refractivity contribution is 5.44. The van der Waals surface area contributed by atoms with Gasteiger partial charge in [-0.25, -0.2) is 4.98 Å². The van der Waals surface area contributed by atoms with Crippen LogP contribution in [-0.4, -0.2) is 48.1 Å². The second-order valence-corrected chi connectivity index (χ2v) is 5.81. The van der Waals surface area contributed by atoms with E-state index in [1.54, 1.807) is 0 Å². The molecule has 0 amide bonds. The maximum Gasteiger partial charge on any atom is 0.225 e. The van der Waals surface area contributed by atoms with Crippen molar-refractivity contribution in [1.82, 2.24) is 14.9 Å². The molecular formula is C17H23N5. The summed E-state index contributed by atoms with van der Waals surface area (Å²) in [7, 11) is 2.16. The third kappa shape index (κ3) is 3.54. The largest absolute Gasteiger partial charge is 0.354 e. The van der Waals surface area contributed by atoms with Crippen LogP contribution in [0.1, 0.15) is 18.5 Å². The van der Waals surface area contributed by atoms with Crippen molar-refractivity contribution in [3.8, 4) is 0 Å². The molecule has 1 aliphatic rings. The van der Waals surface area contributed by atoms with Gasteiger partial charge < -0.3 is 15.1 Å². The monoisotopic (exact) mass is 297 g/mol. The Labute approximate surface area is 132 Å². The second kappa shape index (κ2) is 6.75. The molecule has 1 saturated heterocycles. The van der Waals surface area contributed by atoms with Gasteiger partial charge in [-0.1, -0.05) is 30.3 Å². The fourth-order valence-electron chi connectivity index (χ4n) is 2.65. The van der Waals surface area contributed by atoms with Gasteiger partial charge in [0.15, 0.2) is 0 Å². The summed E-state index contributed by atoms with van der Waals surface area (Å²) < 4.78 is 0. The quantitative estimate of drug-likeness (QED) is 0.939. The van der Waals surface area contributed by atoms with Crippen LogP contribution in [0.3, 0.4) is 0 Å². The van der Waals surface area contributed by atoms with Crippen LogP contribution in [0.5, 0.6) is 0 Å². The Balaban J connectivity index is 1.69. The van der Waals surface area contributed by atoms with E-state index in [0.29, 0.717) is 5.95 Å². The summed E-state index contributed by atoms with van der Waals surface area (Å²) in [6.07, 6.45) is 1.83. The summed E-state index contributed by atoms with van der Waals surface area (Å²) >= 11 is 0. The van der Waals surface area contributed by atoms with Crippen LogP contribution in [-0.2, 0) is 0 Å². The summed E-state index contributed by atoms with van der Waals surface area (Å²) in [5.41, 5.74) is 1.23. The molecule has 3 rings (SSSR count). The Morgan fingerprint density at radius 3 is 2.50 bits per heavy atom. The number of anilines is 2. The molecular weight excluding hydrogens is 274 g/mol. The molecule has 1 aromatic heterocycles. The van der Waals surface area contributed by atoms with Crippen LogP contribution in [0.15, 0.2) is 42.6 Å². The van der Waals surface area contributed by atoms with Crippen LogP contribution in [0, 0.1) is 0 Å². The summed E-state index contributed by atoms with van der Waals surface area (Å²) in [6.45, 7) is 6.31. The molecule has 116 valence electrons. The molecule has 0 spiro atoms. The first kappa shape index (κ1) is 14.8. The molecule has 1 unspecified atom stereocenters. The molecule has 0 saturated carbocycles. The van der Waals surface area contributed by atoms with Crippen molar-refractivity contribution in [3.05, 3.63) is 48.2 Å². The minimum atomic E-state index is 0.184. The fourth-order valence-corrected chi connectivity index (χ4v) is 2.65. The number of hydrogen-bond donors (Lipinski definition) is 1. The molecule has 0 radical (unpaired) electrons. The van der Waals surface area contributed by atoms with Gasteiger partial charge in [-0.15, -0.1) is 0 Å². The zero-order chi connectivity index (χ0) is 15.4. The van der Waals surface area contributed by atoms with E-state index >= 15 is 0 Å². The molecule has 2 aromatic rings. The summed E-state index contributed by atoms with van der Waals surface area (Å²) in [5.74, 6) is 1.69. The molecule has 2 heterocycles. The summed E-state index contributed by atoms with van der Waals surface area (Å²) in [6, 6.07) is 12.5. The lowest BCUT2D eigenvalue weighted by atomic mass is 10.1. The predicted octanol–water partition coefficient (Wildman–Crippen LogP) is 2.40. The first-order valence-electron chi connectivity index (χ1n) is 7.80. The van der Waals surface area contributed by atoms with E-state index in [1.165, 1.54) is 5.56 Å². The minimum Gasteiger partial charge on any atom is -0.354 e. The molecule has 1 atom stereocenters. The van der Waals surface area contributed by atoms with E-state index in [0.717, 1.165) is 32.0 Å². The number of nitrogens with one attached hydrogen (secondary N) is 1. The second-order valence-electron chi connectivity index (χ2n) is 5.81. The SMILES string of the molecule is CC(Nc1nccc(N2CCN(C)CC2)n1)c1ccccc1. The van der Waals surface area contributed by atoms with E-state index in [9.17, 15) is 0 Å². The van der Waals surface area contributed by atoms with Gasteiger partial charge in [0.05, 0.1) is 6.04 Å². The van der Waals surface area contributed by atoms with Gasteiger partial charge in [0.2, 0.25) is 5.95 Å². The van der Waals surface area contributed by atoms with E-state index in [-0.39, 0.29) is 6.04 Å². The van der Waals surface area contributed by atoms with Crippen molar-refractivity contribution in [2.24, 2.45) is 0 Å². The topological polar surface area (TPSA) is 44.3 Å². The average molecular weight is 297 g/mol. The molecule has 22 heavy (non-hydrogen) atoms. The molecule has 1 fully saturated rings. The normalized spacial score (nSPS) is 17.3. The number of nitrogens with zero attached hydrogens (tertiary/aromatic N) is 4. The Morgan fingerprint density at radius 1 is 1.05 bits per heavy atom. The van der Waals surface area contributed by atoms with Crippen molar-refractivity contribution < 1.29 is 0 Å². The third-order valence-electron chi connectivity index (χ3n) is 4.11. The average Bonchev–Trinajstić information content (AvgIpc) is 2.56. The van der Waals surface area contributed by atoms with Crippen LogP contribution >= 0.6 is 0 Å². The van der Waals surface area contributed by atoms with Gasteiger partial charge in [0.25, 0.3) is 0 Å². The highest BCUT2D eigenvalue weighted by Crippen LogP contribution is 2.19. The lowest BCUT2D eigenvalue weighted by Crippen LogP contribution is -2.44. The van der Waals surface area contributed by atoms with Gasteiger partial charge in [0.1, 0.15) is 5.82 Å². The summed E-state index contributed by atoms with van der Waals surface area (Å²) in [5, 5.41) is 3.39. The first-order chi connectivity index (χ1) is 10.7. The van der Waals surface area contributed by atoms with E-state index < -0.39 is 0 Å². The Hall–Kier alpha value is -2.14. The van der Waals surface area contributed by atoms with Gasteiger partial charge in [-0.05, 0) is 25.6 Å². The highest BCUT2D eigenvalue weighted by atomic mass is 15.3. The number of hydrogen-bond acceptors (Lipinski definition) is 5. The van der Waals surface area contributed by atoms with Crippen molar-refractivity contribution in [2.45, 2.75) is 13.0 Å². The number of aromatic nitrogens is 2. The molecule has 0 bridgehead atoms. The van der Waals surface area contributed by atoms with Gasteiger partial charge in [-0.2, -0.15) is 4.98 Å². The van der Waals surface area contributed by atoms with Crippen LogP contribution in [0.2, 0.25) is 0 Å². The van der Waals surface area contributed by atoms with Crippen LogP contribution in [0.25, 0.3) is 0 Å². The highest BCUT2D eigenvalue weighted by Gasteiger charge is 2.16. The number of rotatable bonds is 4. The van der Waals surface area contributed by atoms with E-state index in [2.05, 4.69) is 63.3 Å². The van der Waals surface area contributed by atoms with Crippen LogP contribution < -0.4 is 10.2 Å². The maximum absolute atomic E-state index is 4.67. The molecule has 1 aliphatic heterocycles. The van der Waals surface area contributed by atoms with Gasteiger partial charge in [0, 0.05) is 32.4 Å². The van der Waals surface area contributed by atoms with Crippen molar-refractivity contribution in [1.29, 1.82) is 0 Å². The van der Waals surface area contributed by atoms with Crippen molar-refractivity contribution in [2.75, 3.05) is 43.4 Å². The maximum atomic E-state index is 4.67. The van der Waals surface area contributed by atoms with Crippen molar-refractivity contribution in [3.63, 3.8) is 0 Å².